The third-order valence-electron chi connectivity index (χ3n) is 3.78. The van der Waals surface area contributed by atoms with Crippen molar-refractivity contribution in [2.75, 3.05) is 24.5 Å². The van der Waals surface area contributed by atoms with Gasteiger partial charge in [0.05, 0.1) is 0 Å². The van der Waals surface area contributed by atoms with Crippen LogP contribution in [0.3, 0.4) is 0 Å². The van der Waals surface area contributed by atoms with E-state index in [0.29, 0.717) is 5.92 Å². The maximum absolute atomic E-state index is 3.58. The van der Waals surface area contributed by atoms with Gasteiger partial charge in [0.15, 0.2) is 0 Å². The molecule has 1 aliphatic rings. The molecule has 1 saturated heterocycles. The average Bonchev–Trinajstić information content (AvgIpc) is 2.27. The van der Waals surface area contributed by atoms with Crippen LogP contribution < -0.4 is 10.2 Å². The molecule has 1 aromatic rings. The molecule has 0 radical (unpaired) electrons. The third-order valence-corrected chi connectivity index (χ3v) is 3.78. The highest BCUT2D eigenvalue weighted by molar-refractivity contribution is 5.61. The van der Waals surface area contributed by atoms with E-state index in [0.717, 1.165) is 19.6 Å². The Morgan fingerprint density at radius 1 is 1.28 bits per heavy atom. The van der Waals surface area contributed by atoms with Gasteiger partial charge in [0, 0.05) is 30.9 Å². The molecule has 0 aliphatic carbocycles. The van der Waals surface area contributed by atoms with E-state index in [-0.39, 0.29) is 5.54 Å². The van der Waals surface area contributed by atoms with Gasteiger partial charge in [-0.15, -0.1) is 0 Å². The van der Waals surface area contributed by atoms with Crippen LogP contribution in [0.15, 0.2) is 18.2 Å². The van der Waals surface area contributed by atoms with Crippen molar-refractivity contribution in [3.8, 4) is 0 Å². The first kappa shape index (κ1) is 13.4. The van der Waals surface area contributed by atoms with Crippen LogP contribution in [-0.2, 0) is 0 Å². The molecular formula is C16H26N2. The van der Waals surface area contributed by atoms with Crippen LogP contribution in [0, 0.1) is 6.92 Å². The number of nitrogens with zero attached hydrogens (tertiary/aromatic N) is 1. The Hall–Kier alpha value is -1.02. The van der Waals surface area contributed by atoms with E-state index >= 15 is 0 Å². The van der Waals surface area contributed by atoms with E-state index in [9.17, 15) is 0 Å². The standard InChI is InChI=1S/C16H26N2/c1-12(2)14-8-6-7-13(3)15(14)18-10-9-17-16(4,5)11-18/h6-8,12,17H,9-11H2,1-5H3. The van der Waals surface area contributed by atoms with Crippen LogP contribution in [0.25, 0.3) is 0 Å². The van der Waals surface area contributed by atoms with Crippen LogP contribution in [-0.4, -0.2) is 25.2 Å². The summed E-state index contributed by atoms with van der Waals surface area (Å²) in [6, 6.07) is 6.69. The molecule has 1 fully saturated rings. The number of aryl methyl sites for hydroxylation is 1. The minimum Gasteiger partial charge on any atom is -0.368 e. The molecule has 0 unspecified atom stereocenters. The maximum atomic E-state index is 3.58. The monoisotopic (exact) mass is 246 g/mol. The quantitative estimate of drug-likeness (QED) is 0.861. The summed E-state index contributed by atoms with van der Waals surface area (Å²) >= 11 is 0. The van der Waals surface area contributed by atoms with Gasteiger partial charge in [-0.25, -0.2) is 0 Å². The first-order chi connectivity index (χ1) is 8.41. The molecule has 1 aliphatic heterocycles. The lowest BCUT2D eigenvalue weighted by molar-refractivity contribution is 0.352. The second-order valence-corrected chi connectivity index (χ2v) is 6.40. The van der Waals surface area contributed by atoms with E-state index in [1.807, 2.05) is 0 Å². The van der Waals surface area contributed by atoms with Crippen molar-refractivity contribution in [3.63, 3.8) is 0 Å². The molecule has 0 spiro atoms. The highest BCUT2D eigenvalue weighted by Crippen LogP contribution is 2.32. The minimum atomic E-state index is 0.203. The van der Waals surface area contributed by atoms with Crippen LogP contribution in [0.4, 0.5) is 5.69 Å². The molecule has 0 bridgehead atoms. The largest absolute Gasteiger partial charge is 0.368 e. The average molecular weight is 246 g/mol. The fourth-order valence-corrected chi connectivity index (χ4v) is 2.91. The van der Waals surface area contributed by atoms with Gasteiger partial charge in [0.25, 0.3) is 0 Å². The molecule has 1 aromatic carbocycles. The Balaban J connectivity index is 2.38. The summed E-state index contributed by atoms with van der Waals surface area (Å²) in [5.41, 5.74) is 4.54. The zero-order chi connectivity index (χ0) is 13.3. The molecule has 18 heavy (non-hydrogen) atoms. The van der Waals surface area contributed by atoms with E-state index in [1.54, 1.807) is 0 Å². The lowest BCUT2D eigenvalue weighted by atomic mass is 9.94. The second-order valence-electron chi connectivity index (χ2n) is 6.40. The molecule has 100 valence electrons. The minimum absolute atomic E-state index is 0.203. The van der Waals surface area contributed by atoms with Crippen molar-refractivity contribution >= 4 is 5.69 Å². The van der Waals surface area contributed by atoms with Gasteiger partial charge < -0.3 is 10.2 Å². The lowest BCUT2D eigenvalue weighted by Crippen LogP contribution is -2.57. The van der Waals surface area contributed by atoms with Crippen LogP contribution in [0.1, 0.15) is 44.7 Å². The first-order valence-electron chi connectivity index (χ1n) is 7.00. The first-order valence-corrected chi connectivity index (χ1v) is 7.00. The number of rotatable bonds is 2. The van der Waals surface area contributed by atoms with Crippen molar-refractivity contribution in [2.24, 2.45) is 0 Å². The third kappa shape index (κ3) is 2.69. The molecule has 0 saturated carbocycles. The number of piperazine rings is 1. The molecule has 2 rings (SSSR count). The second kappa shape index (κ2) is 4.93. The Morgan fingerprint density at radius 3 is 2.61 bits per heavy atom. The Kier molecular flexibility index (Phi) is 3.67. The van der Waals surface area contributed by atoms with Crippen LogP contribution >= 0.6 is 0 Å². The summed E-state index contributed by atoms with van der Waals surface area (Å²) in [6.45, 7) is 14.6. The number of benzene rings is 1. The lowest BCUT2D eigenvalue weighted by Gasteiger charge is -2.42. The van der Waals surface area contributed by atoms with Gasteiger partial charge in [-0.1, -0.05) is 32.0 Å². The van der Waals surface area contributed by atoms with Gasteiger partial charge in [-0.05, 0) is 37.8 Å². The molecule has 1 N–H and O–H groups in total. The molecule has 0 aromatic heterocycles. The number of hydrogen-bond acceptors (Lipinski definition) is 2. The van der Waals surface area contributed by atoms with Gasteiger partial charge in [0.1, 0.15) is 0 Å². The number of para-hydroxylation sites is 1. The van der Waals surface area contributed by atoms with Crippen molar-refractivity contribution in [2.45, 2.75) is 46.1 Å². The molecule has 2 nitrogen and oxygen atoms in total. The zero-order valence-electron chi connectivity index (χ0n) is 12.4. The molecule has 2 heteroatoms. The van der Waals surface area contributed by atoms with E-state index in [1.165, 1.54) is 16.8 Å². The molecule has 1 heterocycles. The summed E-state index contributed by atoms with van der Waals surface area (Å²) in [5, 5.41) is 3.58. The Morgan fingerprint density at radius 2 is 2.00 bits per heavy atom. The van der Waals surface area contributed by atoms with Crippen molar-refractivity contribution < 1.29 is 0 Å². The number of anilines is 1. The zero-order valence-corrected chi connectivity index (χ0v) is 12.4. The smallest absolute Gasteiger partial charge is 0.0432 e. The summed E-state index contributed by atoms with van der Waals surface area (Å²) in [6.07, 6.45) is 0. The topological polar surface area (TPSA) is 15.3 Å². The predicted octanol–water partition coefficient (Wildman–Crippen LogP) is 3.31. The van der Waals surface area contributed by atoms with E-state index in [2.05, 4.69) is 63.0 Å². The van der Waals surface area contributed by atoms with E-state index < -0.39 is 0 Å². The van der Waals surface area contributed by atoms with Crippen molar-refractivity contribution in [3.05, 3.63) is 29.3 Å². The highest BCUT2D eigenvalue weighted by Gasteiger charge is 2.27. The fourth-order valence-electron chi connectivity index (χ4n) is 2.91. The predicted molar refractivity (Wildman–Crippen MR) is 79.6 cm³/mol. The Bertz CT molecular complexity index is 421. The van der Waals surface area contributed by atoms with Gasteiger partial charge in [-0.2, -0.15) is 0 Å². The maximum Gasteiger partial charge on any atom is 0.0432 e. The van der Waals surface area contributed by atoms with Crippen LogP contribution in [0.5, 0.6) is 0 Å². The molecule has 0 amide bonds. The fraction of sp³-hybridized carbons (Fsp3) is 0.625. The molecule has 0 atom stereocenters. The molecular weight excluding hydrogens is 220 g/mol. The highest BCUT2D eigenvalue weighted by atomic mass is 15.2. The normalized spacial score (nSPS) is 19.3. The SMILES string of the molecule is Cc1cccc(C(C)C)c1N1CCNC(C)(C)C1. The van der Waals surface area contributed by atoms with Gasteiger partial charge in [0.2, 0.25) is 0 Å². The summed E-state index contributed by atoms with van der Waals surface area (Å²) in [4.78, 5) is 2.56. The van der Waals surface area contributed by atoms with Crippen LogP contribution in [0.2, 0.25) is 0 Å². The van der Waals surface area contributed by atoms with Crippen molar-refractivity contribution in [1.29, 1.82) is 0 Å². The summed E-state index contributed by atoms with van der Waals surface area (Å²) < 4.78 is 0. The number of nitrogens with one attached hydrogen (secondary N) is 1. The van der Waals surface area contributed by atoms with Crippen molar-refractivity contribution in [1.82, 2.24) is 5.32 Å². The number of hydrogen-bond donors (Lipinski definition) is 1. The van der Waals surface area contributed by atoms with E-state index in [4.69, 9.17) is 0 Å². The van der Waals surface area contributed by atoms with Gasteiger partial charge >= 0.3 is 0 Å². The Labute approximate surface area is 111 Å². The summed E-state index contributed by atoms with van der Waals surface area (Å²) in [5.74, 6) is 0.581. The van der Waals surface area contributed by atoms with Gasteiger partial charge in [-0.3, -0.25) is 0 Å². The summed E-state index contributed by atoms with van der Waals surface area (Å²) in [7, 11) is 0.